The van der Waals surface area contributed by atoms with Crippen molar-refractivity contribution < 1.29 is 4.79 Å². The van der Waals surface area contributed by atoms with Gasteiger partial charge in [0.2, 0.25) is 0 Å². The minimum absolute atomic E-state index is 0.0538. The quantitative estimate of drug-likeness (QED) is 0.724. The maximum atomic E-state index is 12.1. The lowest BCUT2D eigenvalue weighted by Gasteiger charge is -2.23. The van der Waals surface area contributed by atoms with E-state index in [-0.39, 0.29) is 5.91 Å². The monoisotopic (exact) mass is 228 g/mol. The van der Waals surface area contributed by atoms with Gasteiger partial charge in [-0.25, -0.2) is 0 Å². The van der Waals surface area contributed by atoms with E-state index in [1.807, 2.05) is 29.2 Å². The van der Waals surface area contributed by atoms with Crippen LogP contribution in [0.25, 0.3) is 5.57 Å². The molecule has 0 spiro atoms. The number of nitrogens with zero attached hydrogens (tertiary/aromatic N) is 2. The van der Waals surface area contributed by atoms with Crippen molar-refractivity contribution in [3.8, 4) is 0 Å². The van der Waals surface area contributed by atoms with Crippen molar-refractivity contribution in [2.75, 3.05) is 24.7 Å². The Morgan fingerprint density at radius 3 is 2.65 bits per heavy atom. The molecule has 3 heteroatoms. The molecule has 0 aliphatic carbocycles. The van der Waals surface area contributed by atoms with Crippen LogP contribution in [0.3, 0.4) is 0 Å². The van der Waals surface area contributed by atoms with Gasteiger partial charge in [0, 0.05) is 11.1 Å². The fourth-order valence-corrected chi connectivity index (χ4v) is 2.62. The molecule has 2 aliphatic heterocycles. The first-order valence-corrected chi connectivity index (χ1v) is 6.10. The Morgan fingerprint density at radius 2 is 1.88 bits per heavy atom. The van der Waals surface area contributed by atoms with E-state index in [0.29, 0.717) is 12.2 Å². The molecule has 3 rings (SSSR count). The molecule has 1 aromatic rings. The molecular weight excluding hydrogens is 212 g/mol. The van der Waals surface area contributed by atoms with Gasteiger partial charge in [0.25, 0.3) is 5.91 Å². The molecule has 1 amide bonds. The molecule has 0 unspecified atom stereocenters. The number of carbonyl (C=O) groups excluding carboxylic acids is 1. The molecule has 0 radical (unpaired) electrons. The largest absolute Gasteiger partial charge is 0.294 e. The highest BCUT2D eigenvalue weighted by atomic mass is 16.2. The molecule has 2 heterocycles. The normalized spacial score (nSPS) is 20.1. The van der Waals surface area contributed by atoms with Crippen LogP contribution in [0.5, 0.6) is 0 Å². The van der Waals surface area contributed by atoms with Gasteiger partial charge in [-0.2, -0.15) is 0 Å². The number of fused-ring (bicyclic) bond motifs is 1. The average molecular weight is 228 g/mol. The fraction of sp³-hybridized carbons (Fsp3) is 0.357. The van der Waals surface area contributed by atoms with Crippen LogP contribution in [0.1, 0.15) is 18.4 Å². The number of hydrogen-bond acceptors (Lipinski definition) is 2. The maximum absolute atomic E-state index is 12.1. The number of amides is 1. The van der Waals surface area contributed by atoms with Crippen LogP contribution < -0.4 is 4.90 Å². The zero-order valence-electron chi connectivity index (χ0n) is 9.85. The standard InChI is InChI=1S/C14H16N2O/c1-11-12-6-2-3-7-13(12)16(14(11)17)10-15-8-4-5-9-15/h2-3,6-7H,1,4-5,8-10H2. The van der Waals surface area contributed by atoms with Gasteiger partial charge in [0.1, 0.15) is 0 Å². The van der Waals surface area contributed by atoms with Crippen molar-refractivity contribution in [3.05, 3.63) is 36.4 Å². The lowest BCUT2D eigenvalue weighted by molar-refractivity contribution is -0.113. The highest BCUT2D eigenvalue weighted by molar-refractivity contribution is 6.31. The summed E-state index contributed by atoms with van der Waals surface area (Å²) in [4.78, 5) is 16.3. The second kappa shape index (κ2) is 4.00. The lowest BCUT2D eigenvalue weighted by Crippen LogP contribution is -2.38. The average Bonchev–Trinajstić information content (AvgIpc) is 2.94. The molecule has 17 heavy (non-hydrogen) atoms. The third-order valence-electron chi connectivity index (χ3n) is 3.56. The predicted molar refractivity (Wildman–Crippen MR) is 68.6 cm³/mol. The summed E-state index contributed by atoms with van der Waals surface area (Å²) in [6.45, 7) is 6.79. The Labute approximate surface area is 101 Å². The van der Waals surface area contributed by atoms with Crippen LogP contribution in [0.4, 0.5) is 5.69 Å². The van der Waals surface area contributed by atoms with Crippen LogP contribution in [0.2, 0.25) is 0 Å². The molecule has 1 aromatic carbocycles. The van der Waals surface area contributed by atoms with Gasteiger partial charge in [-0.05, 0) is 32.0 Å². The summed E-state index contributed by atoms with van der Waals surface area (Å²) in [6, 6.07) is 7.90. The Morgan fingerprint density at radius 1 is 1.18 bits per heavy atom. The molecule has 1 saturated heterocycles. The number of benzene rings is 1. The summed E-state index contributed by atoms with van der Waals surface area (Å²) in [5, 5.41) is 0. The van der Waals surface area contributed by atoms with E-state index < -0.39 is 0 Å². The Kier molecular flexibility index (Phi) is 2.48. The first-order valence-electron chi connectivity index (χ1n) is 6.10. The summed E-state index contributed by atoms with van der Waals surface area (Å²) < 4.78 is 0. The Balaban J connectivity index is 1.89. The number of hydrogen-bond donors (Lipinski definition) is 0. The predicted octanol–water partition coefficient (Wildman–Crippen LogP) is 2.10. The van der Waals surface area contributed by atoms with Gasteiger partial charge >= 0.3 is 0 Å². The summed E-state index contributed by atoms with van der Waals surface area (Å²) in [6.07, 6.45) is 2.48. The van der Waals surface area contributed by atoms with E-state index in [4.69, 9.17) is 0 Å². The third-order valence-corrected chi connectivity index (χ3v) is 3.56. The van der Waals surface area contributed by atoms with Gasteiger partial charge in [-0.15, -0.1) is 0 Å². The molecule has 0 N–H and O–H groups in total. The van der Waals surface area contributed by atoms with Gasteiger partial charge < -0.3 is 0 Å². The highest BCUT2D eigenvalue weighted by Crippen LogP contribution is 2.35. The van der Waals surface area contributed by atoms with Gasteiger partial charge in [0.15, 0.2) is 0 Å². The highest BCUT2D eigenvalue weighted by Gasteiger charge is 2.31. The van der Waals surface area contributed by atoms with Crippen LogP contribution in [-0.4, -0.2) is 30.6 Å². The van der Waals surface area contributed by atoms with Crippen molar-refractivity contribution in [3.63, 3.8) is 0 Å². The van der Waals surface area contributed by atoms with Crippen LogP contribution >= 0.6 is 0 Å². The molecular formula is C14H16N2O. The topological polar surface area (TPSA) is 23.6 Å². The zero-order valence-corrected chi connectivity index (χ0v) is 9.85. The lowest BCUT2D eigenvalue weighted by atomic mass is 10.1. The van der Waals surface area contributed by atoms with E-state index >= 15 is 0 Å². The summed E-state index contributed by atoms with van der Waals surface area (Å²) in [5.41, 5.74) is 2.62. The summed E-state index contributed by atoms with van der Waals surface area (Å²) >= 11 is 0. The zero-order chi connectivity index (χ0) is 11.8. The van der Waals surface area contributed by atoms with E-state index in [1.165, 1.54) is 12.8 Å². The number of para-hydroxylation sites is 1. The SMILES string of the molecule is C=C1C(=O)N(CN2CCCC2)c2ccccc21. The van der Waals surface area contributed by atoms with Gasteiger partial charge in [-0.1, -0.05) is 24.8 Å². The van der Waals surface area contributed by atoms with Crippen LogP contribution in [-0.2, 0) is 4.79 Å². The molecule has 0 bridgehead atoms. The third kappa shape index (κ3) is 1.67. The van der Waals surface area contributed by atoms with Crippen molar-refractivity contribution in [1.29, 1.82) is 0 Å². The Hall–Kier alpha value is -1.61. The van der Waals surface area contributed by atoms with Crippen molar-refractivity contribution in [2.45, 2.75) is 12.8 Å². The second-order valence-electron chi connectivity index (χ2n) is 4.70. The van der Waals surface area contributed by atoms with E-state index in [1.54, 1.807) is 0 Å². The van der Waals surface area contributed by atoms with Crippen molar-refractivity contribution in [2.24, 2.45) is 0 Å². The summed E-state index contributed by atoms with van der Waals surface area (Å²) in [5.74, 6) is 0.0538. The minimum atomic E-state index is 0.0538. The molecule has 1 fully saturated rings. The molecule has 0 atom stereocenters. The summed E-state index contributed by atoms with van der Waals surface area (Å²) in [7, 11) is 0. The van der Waals surface area contributed by atoms with Gasteiger partial charge in [0.05, 0.1) is 12.4 Å². The second-order valence-corrected chi connectivity index (χ2v) is 4.70. The van der Waals surface area contributed by atoms with E-state index in [0.717, 1.165) is 24.3 Å². The minimum Gasteiger partial charge on any atom is -0.294 e. The smallest absolute Gasteiger partial charge is 0.259 e. The van der Waals surface area contributed by atoms with Crippen molar-refractivity contribution >= 4 is 17.2 Å². The molecule has 0 saturated carbocycles. The maximum Gasteiger partial charge on any atom is 0.259 e. The van der Waals surface area contributed by atoms with Crippen LogP contribution in [0, 0.1) is 0 Å². The number of rotatable bonds is 2. The van der Waals surface area contributed by atoms with E-state index in [9.17, 15) is 4.79 Å². The molecule has 0 aromatic heterocycles. The van der Waals surface area contributed by atoms with Crippen LogP contribution in [0.15, 0.2) is 30.8 Å². The van der Waals surface area contributed by atoms with Gasteiger partial charge in [-0.3, -0.25) is 14.6 Å². The number of anilines is 1. The Bertz CT molecular complexity index is 475. The fourth-order valence-electron chi connectivity index (χ4n) is 2.62. The van der Waals surface area contributed by atoms with Crippen molar-refractivity contribution in [1.82, 2.24) is 4.90 Å². The first kappa shape index (κ1) is 10.5. The number of likely N-dealkylation sites (tertiary alicyclic amines) is 1. The first-order chi connectivity index (χ1) is 8.27. The molecule has 3 nitrogen and oxygen atoms in total. The molecule has 88 valence electrons. The van der Waals surface area contributed by atoms with E-state index in [2.05, 4.69) is 11.5 Å². The number of carbonyl (C=O) groups is 1. The molecule has 2 aliphatic rings.